The van der Waals surface area contributed by atoms with Crippen LogP contribution in [0.1, 0.15) is 24.0 Å². The maximum Gasteiger partial charge on any atom is 0.238 e. The van der Waals surface area contributed by atoms with Gasteiger partial charge < -0.3 is 21.0 Å². The predicted octanol–water partition coefficient (Wildman–Crippen LogP) is 1.79. The van der Waals surface area contributed by atoms with Crippen molar-refractivity contribution >= 4 is 17.4 Å². The Bertz CT molecular complexity index is 543. The molecule has 0 bridgehead atoms. The molecule has 0 aliphatic carbocycles. The predicted molar refractivity (Wildman–Crippen MR) is 80.4 cm³/mol. The van der Waals surface area contributed by atoms with Gasteiger partial charge in [-0.15, -0.1) is 0 Å². The van der Waals surface area contributed by atoms with Gasteiger partial charge in [0.1, 0.15) is 5.41 Å². The highest BCUT2D eigenvalue weighted by molar-refractivity contribution is 6.12. The van der Waals surface area contributed by atoms with Crippen LogP contribution in [0.3, 0.4) is 0 Å². The largest absolute Gasteiger partial charge is 0.409 e. The number of nitrogens with two attached hydrogens (primary N) is 1. The molecule has 1 amide bonds. The summed E-state index contributed by atoms with van der Waals surface area (Å²) >= 11 is 0. The van der Waals surface area contributed by atoms with Crippen LogP contribution >= 0.6 is 0 Å². The van der Waals surface area contributed by atoms with Crippen molar-refractivity contribution in [2.45, 2.75) is 26.7 Å². The van der Waals surface area contributed by atoms with E-state index in [9.17, 15) is 4.79 Å². The number of amidine groups is 1. The van der Waals surface area contributed by atoms with E-state index in [-0.39, 0.29) is 11.7 Å². The molecule has 21 heavy (non-hydrogen) atoms. The molecule has 0 radical (unpaired) electrons. The SMILES string of the molecule is Cc1cccc(C)c1NC(=O)C1(C(N)=NO)CCOCC1. The van der Waals surface area contributed by atoms with Crippen LogP contribution in [0, 0.1) is 19.3 Å². The van der Waals surface area contributed by atoms with E-state index in [1.807, 2.05) is 32.0 Å². The van der Waals surface area contributed by atoms with Gasteiger partial charge >= 0.3 is 0 Å². The zero-order valence-corrected chi connectivity index (χ0v) is 12.3. The van der Waals surface area contributed by atoms with E-state index in [0.29, 0.717) is 26.1 Å². The Hall–Kier alpha value is -2.08. The lowest BCUT2D eigenvalue weighted by atomic mass is 9.78. The van der Waals surface area contributed by atoms with Gasteiger partial charge in [-0.25, -0.2) is 0 Å². The number of nitrogens with one attached hydrogen (secondary N) is 1. The first-order valence-electron chi connectivity index (χ1n) is 6.94. The number of ether oxygens (including phenoxy) is 1. The lowest BCUT2D eigenvalue weighted by Gasteiger charge is -2.34. The van der Waals surface area contributed by atoms with Crippen molar-refractivity contribution in [2.24, 2.45) is 16.3 Å². The molecular weight excluding hydrogens is 270 g/mol. The number of para-hydroxylation sites is 1. The maximum atomic E-state index is 12.8. The topological polar surface area (TPSA) is 96.9 Å². The number of aryl methyl sites for hydroxylation is 2. The number of hydrogen-bond donors (Lipinski definition) is 3. The maximum absolute atomic E-state index is 12.8. The molecule has 6 nitrogen and oxygen atoms in total. The van der Waals surface area contributed by atoms with Crippen LogP contribution in [-0.4, -0.2) is 30.2 Å². The van der Waals surface area contributed by atoms with Crippen molar-refractivity contribution in [3.05, 3.63) is 29.3 Å². The van der Waals surface area contributed by atoms with E-state index in [1.165, 1.54) is 0 Å². The quantitative estimate of drug-likeness (QED) is 0.342. The molecule has 1 aliphatic rings. The third-order valence-corrected chi connectivity index (χ3v) is 4.10. The van der Waals surface area contributed by atoms with Crippen LogP contribution in [-0.2, 0) is 9.53 Å². The number of amides is 1. The van der Waals surface area contributed by atoms with Crippen LogP contribution in [0.15, 0.2) is 23.4 Å². The Kier molecular flexibility index (Phi) is 4.47. The minimum absolute atomic E-state index is 0.0606. The third kappa shape index (κ3) is 2.85. The fraction of sp³-hybridized carbons (Fsp3) is 0.467. The highest BCUT2D eigenvalue weighted by Crippen LogP contribution is 2.33. The van der Waals surface area contributed by atoms with Gasteiger partial charge in [0, 0.05) is 18.9 Å². The number of rotatable bonds is 3. The van der Waals surface area contributed by atoms with Crippen LogP contribution in [0.25, 0.3) is 0 Å². The monoisotopic (exact) mass is 291 g/mol. The van der Waals surface area contributed by atoms with Gasteiger partial charge in [0.2, 0.25) is 5.91 Å². The molecule has 6 heteroatoms. The lowest BCUT2D eigenvalue weighted by molar-refractivity contribution is -0.126. The first kappa shape index (κ1) is 15.3. The molecule has 4 N–H and O–H groups in total. The van der Waals surface area contributed by atoms with Crippen LogP contribution in [0.2, 0.25) is 0 Å². The molecule has 1 heterocycles. The highest BCUT2D eigenvalue weighted by Gasteiger charge is 2.44. The Labute approximate surface area is 124 Å². The van der Waals surface area contributed by atoms with E-state index in [0.717, 1.165) is 16.8 Å². The van der Waals surface area contributed by atoms with Crippen LogP contribution < -0.4 is 11.1 Å². The number of hydrogen-bond acceptors (Lipinski definition) is 4. The highest BCUT2D eigenvalue weighted by atomic mass is 16.5. The average molecular weight is 291 g/mol. The smallest absolute Gasteiger partial charge is 0.238 e. The Morgan fingerprint density at radius 3 is 2.43 bits per heavy atom. The fourth-order valence-corrected chi connectivity index (χ4v) is 2.66. The Balaban J connectivity index is 2.32. The summed E-state index contributed by atoms with van der Waals surface area (Å²) in [5.41, 5.74) is 7.52. The second-order valence-electron chi connectivity index (χ2n) is 5.40. The molecule has 0 saturated carbocycles. The van der Waals surface area contributed by atoms with E-state index in [2.05, 4.69) is 10.5 Å². The molecule has 0 atom stereocenters. The molecule has 0 spiro atoms. The van der Waals surface area contributed by atoms with Crippen molar-refractivity contribution in [3.8, 4) is 0 Å². The summed E-state index contributed by atoms with van der Waals surface area (Å²) in [5.74, 6) is -0.312. The van der Waals surface area contributed by atoms with E-state index in [1.54, 1.807) is 0 Å². The van der Waals surface area contributed by atoms with Crippen LogP contribution in [0.4, 0.5) is 5.69 Å². The minimum Gasteiger partial charge on any atom is -0.409 e. The summed E-state index contributed by atoms with van der Waals surface area (Å²) in [7, 11) is 0. The number of carbonyl (C=O) groups is 1. The second-order valence-corrected chi connectivity index (χ2v) is 5.40. The third-order valence-electron chi connectivity index (χ3n) is 4.10. The summed E-state index contributed by atoms with van der Waals surface area (Å²) in [6.45, 7) is 4.69. The minimum atomic E-state index is -1.01. The van der Waals surface area contributed by atoms with E-state index >= 15 is 0 Å². The van der Waals surface area contributed by atoms with E-state index in [4.69, 9.17) is 15.7 Å². The Morgan fingerprint density at radius 1 is 1.33 bits per heavy atom. The van der Waals surface area contributed by atoms with Crippen molar-refractivity contribution < 1.29 is 14.7 Å². The molecule has 2 rings (SSSR count). The normalized spacial score (nSPS) is 18.3. The zero-order chi connectivity index (χ0) is 15.5. The first-order valence-corrected chi connectivity index (χ1v) is 6.94. The summed E-state index contributed by atoms with van der Waals surface area (Å²) in [6, 6.07) is 5.81. The summed E-state index contributed by atoms with van der Waals surface area (Å²) in [4.78, 5) is 12.8. The standard InChI is InChI=1S/C15H21N3O3/c1-10-4-3-5-11(2)12(10)17-14(19)15(13(16)18-20)6-8-21-9-7-15/h3-5,20H,6-9H2,1-2H3,(H2,16,18)(H,17,19). The number of oxime groups is 1. The molecule has 1 aromatic carbocycles. The molecule has 1 fully saturated rings. The number of nitrogens with zero attached hydrogens (tertiary/aromatic N) is 1. The van der Waals surface area contributed by atoms with Gasteiger partial charge in [0.15, 0.2) is 5.84 Å². The summed E-state index contributed by atoms with van der Waals surface area (Å²) in [6.07, 6.45) is 0.805. The van der Waals surface area contributed by atoms with Gasteiger partial charge in [0.05, 0.1) is 0 Å². The van der Waals surface area contributed by atoms with Gasteiger partial charge in [-0.1, -0.05) is 23.4 Å². The zero-order valence-electron chi connectivity index (χ0n) is 12.3. The van der Waals surface area contributed by atoms with Crippen molar-refractivity contribution in [1.29, 1.82) is 0 Å². The van der Waals surface area contributed by atoms with Gasteiger partial charge in [-0.3, -0.25) is 4.79 Å². The molecule has 0 aromatic heterocycles. The summed E-state index contributed by atoms with van der Waals surface area (Å²) < 4.78 is 5.30. The van der Waals surface area contributed by atoms with Gasteiger partial charge in [0.25, 0.3) is 0 Å². The Morgan fingerprint density at radius 2 is 1.90 bits per heavy atom. The molecule has 1 aromatic rings. The average Bonchev–Trinajstić information content (AvgIpc) is 2.50. The molecule has 1 aliphatic heterocycles. The summed E-state index contributed by atoms with van der Waals surface area (Å²) in [5, 5.41) is 15.0. The van der Waals surface area contributed by atoms with Crippen molar-refractivity contribution in [1.82, 2.24) is 0 Å². The molecule has 0 unspecified atom stereocenters. The van der Waals surface area contributed by atoms with Crippen LogP contribution in [0.5, 0.6) is 0 Å². The number of anilines is 1. The molecule has 1 saturated heterocycles. The van der Waals surface area contributed by atoms with Crippen molar-refractivity contribution in [2.75, 3.05) is 18.5 Å². The molecule has 114 valence electrons. The number of benzene rings is 1. The first-order chi connectivity index (χ1) is 10.0. The molecular formula is C15H21N3O3. The fourth-order valence-electron chi connectivity index (χ4n) is 2.66. The number of carbonyl (C=O) groups excluding carboxylic acids is 1. The van der Waals surface area contributed by atoms with E-state index < -0.39 is 5.41 Å². The second kappa shape index (κ2) is 6.13. The lowest BCUT2D eigenvalue weighted by Crippen LogP contribution is -2.50. The van der Waals surface area contributed by atoms with Crippen molar-refractivity contribution in [3.63, 3.8) is 0 Å². The van der Waals surface area contributed by atoms with Gasteiger partial charge in [-0.2, -0.15) is 0 Å². The van der Waals surface area contributed by atoms with Gasteiger partial charge in [-0.05, 0) is 37.8 Å².